The maximum Gasteiger partial charge on any atom is 0.263 e. The number of piperidine rings is 1. The SMILES string of the molecule is CCCCC(N=C1NS(=O)(=O)c2ccccc21)C(=O)NCCCN1CCCCC1C. The molecular weight excluding hydrogens is 400 g/mol. The van der Waals surface area contributed by atoms with Gasteiger partial charge in [0, 0.05) is 24.7 Å². The molecule has 0 saturated carbocycles. The zero-order valence-corrected chi connectivity index (χ0v) is 18.9. The Hall–Kier alpha value is -1.93. The second-order valence-electron chi connectivity index (χ2n) is 8.26. The number of carbonyl (C=O) groups excluding carboxylic acids is 1. The number of unbranched alkanes of at least 4 members (excludes halogenated alkanes) is 1. The summed E-state index contributed by atoms with van der Waals surface area (Å²) in [6.45, 7) is 7.08. The van der Waals surface area contributed by atoms with Gasteiger partial charge in [-0.1, -0.05) is 38.3 Å². The number of fused-ring (bicyclic) bond motifs is 1. The Balaban J connectivity index is 1.61. The van der Waals surface area contributed by atoms with E-state index in [0.717, 1.165) is 32.4 Å². The molecule has 2 N–H and O–H groups in total. The van der Waals surface area contributed by atoms with Crippen molar-refractivity contribution < 1.29 is 13.2 Å². The van der Waals surface area contributed by atoms with Crippen LogP contribution < -0.4 is 10.0 Å². The lowest BCUT2D eigenvalue weighted by Gasteiger charge is -2.33. The van der Waals surface area contributed by atoms with E-state index < -0.39 is 16.1 Å². The average Bonchev–Trinajstić information content (AvgIpc) is 2.99. The van der Waals surface area contributed by atoms with Crippen molar-refractivity contribution in [3.63, 3.8) is 0 Å². The molecule has 0 bridgehead atoms. The van der Waals surface area contributed by atoms with Crippen LogP contribution >= 0.6 is 0 Å². The number of sulfonamides is 1. The molecule has 2 aliphatic heterocycles. The van der Waals surface area contributed by atoms with Gasteiger partial charge in [-0.3, -0.25) is 14.5 Å². The summed E-state index contributed by atoms with van der Waals surface area (Å²) >= 11 is 0. The Morgan fingerprint density at radius 1 is 1.30 bits per heavy atom. The van der Waals surface area contributed by atoms with Gasteiger partial charge in [0.25, 0.3) is 10.0 Å². The van der Waals surface area contributed by atoms with Gasteiger partial charge in [-0.2, -0.15) is 0 Å². The lowest BCUT2D eigenvalue weighted by molar-refractivity contribution is -0.122. The number of amidine groups is 1. The molecule has 0 aliphatic carbocycles. The van der Waals surface area contributed by atoms with E-state index in [4.69, 9.17) is 0 Å². The van der Waals surface area contributed by atoms with Gasteiger partial charge < -0.3 is 10.2 Å². The number of hydrogen-bond donors (Lipinski definition) is 2. The topological polar surface area (TPSA) is 90.9 Å². The molecule has 2 aliphatic rings. The van der Waals surface area contributed by atoms with Crippen molar-refractivity contribution in [3.05, 3.63) is 29.8 Å². The minimum Gasteiger partial charge on any atom is -0.354 e. The third-order valence-corrected chi connectivity index (χ3v) is 7.34. The molecular formula is C22H34N4O3S. The molecule has 2 unspecified atom stereocenters. The molecule has 1 saturated heterocycles. The third kappa shape index (κ3) is 5.60. The van der Waals surface area contributed by atoms with Gasteiger partial charge in [-0.25, -0.2) is 8.42 Å². The maximum atomic E-state index is 12.8. The molecule has 8 heteroatoms. The first-order valence-electron chi connectivity index (χ1n) is 11.1. The lowest BCUT2D eigenvalue weighted by atomic mass is 10.0. The second kappa shape index (κ2) is 10.4. The van der Waals surface area contributed by atoms with Crippen molar-refractivity contribution in [1.29, 1.82) is 0 Å². The van der Waals surface area contributed by atoms with Crippen LogP contribution in [0.3, 0.4) is 0 Å². The summed E-state index contributed by atoms with van der Waals surface area (Å²) in [6.07, 6.45) is 7.12. The molecule has 166 valence electrons. The fourth-order valence-corrected chi connectivity index (χ4v) is 5.38. The minimum atomic E-state index is -3.60. The van der Waals surface area contributed by atoms with Crippen molar-refractivity contribution >= 4 is 21.8 Å². The summed E-state index contributed by atoms with van der Waals surface area (Å²) in [4.78, 5) is 20.1. The van der Waals surface area contributed by atoms with Gasteiger partial charge in [0.1, 0.15) is 11.9 Å². The largest absolute Gasteiger partial charge is 0.354 e. The quantitative estimate of drug-likeness (QED) is 0.585. The highest BCUT2D eigenvalue weighted by Crippen LogP contribution is 2.23. The van der Waals surface area contributed by atoms with Crippen LogP contribution in [0.25, 0.3) is 0 Å². The maximum absolute atomic E-state index is 12.8. The van der Waals surface area contributed by atoms with Crippen LogP contribution in [0.15, 0.2) is 34.2 Å². The normalized spacial score (nSPS) is 23.0. The zero-order chi connectivity index (χ0) is 21.6. The molecule has 1 fully saturated rings. The minimum absolute atomic E-state index is 0.133. The predicted octanol–water partition coefficient (Wildman–Crippen LogP) is 2.66. The van der Waals surface area contributed by atoms with E-state index in [1.807, 2.05) is 0 Å². The summed E-state index contributed by atoms with van der Waals surface area (Å²) in [5.41, 5.74) is 0.533. The Bertz CT molecular complexity index is 869. The summed E-state index contributed by atoms with van der Waals surface area (Å²) in [5, 5.41) is 3.01. The highest BCUT2D eigenvalue weighted by atomic mass is 32.2. The van der Waals surface area contributed by atoms with Crippen LogP contribution in [0, 0.1) is 0 Å². The predicted molar refractivity (Wildman–Crippen MR) is 119 cm³/mol. The van der Waals surface area contributed by atoms with Crippen LogP contribution in [0.2, 0.25) is 0 Å². The van der Waals surface area contributed by atoms with Crippen LogP contribution in [0.1, 0.15) is 64.4 Å². The molecule has 1 amide bonds. The Morgan fingerprint density at radius 3 is 2.87 bits per heavy atom. The fraction of sp³-hybridized carbons (Fsp3) is 0.636. The van der Waals surface area contributed by atoms with Crippen molar-refractivity contribution in [3.8, 4) is 0 Å². The highest BCUT2D eigenvalue weighted by Gasteiger charge is 2.31. The number of amides is 1. The van der Waals surface area contributed by atoms with Gasteiger partial charge in [-0.05, 0) is 51.3 Å². The summed E-state index contributed by atoms with van der Waals surface area (Å²) in [6, 6.07) is 6.77. The number of rotatable bonds is 9. The standard InChI is InChI=1S/C22H34N4O3S/c1-3-4-12-19(22(27)23-14-9-16-26-15-8-7-10-17(26)2)24-21-18-11-5-6-13-20(18)30(28,29)25-21/h5-6,11,13,17,19H,3-4,7-10,12,14-16H2,1-2H3,(H,23,27)(H,24,25). The van der Waals surface area contributed by atoms with Gasteiger partial charge >= 0.3 is 0 Å². The van der Waals surface area contributed by atoms with Gasteiger partial charge in [-0.15, -0.1) is 0 Å². The van der Waals surface area contributed by atoms with Crippen molar-refractivity contribution in [2.45, 2.75) is 75.8 Å². The number of likely N-dealkylation sites (tertiary alicyclic amines) is 1. The molecule has 7 nitrogen and oxygen atoms in total. The van der Waals surface area contributed by atoms with E-state index in [1.165, 1.54) is 19.3 Å². The molecule has 0 spiro atoms. The summed E-state index contributed by atoms with van der Waals surface area (Å²) < 4.78 is 27.1. The molecule has 3 rings (SSSR count). The highest BCUT2D eigenvalue weighted by molar-refractivity contribution is 7.90. The monoisotopic (exact) mass is 434 g/mol. The number of hydrogen-bond acceptors (Lipinski definition) is 5. The number of benzene rings is 1. The van der Waals surface area contributed by atoms with Crippen molar-refractivity contribution in [2.75, 3.05) is 19.6 Å². The first-order valence-corrected chi connectivity index (χ1v) is 12.6. The number of nitrogens with one attached hydrogen (secondary N) is 2. The van der Waals surface area contributed by atoms with E-state index in [2.05, 4.69) is 33.8 Å². The molecule has 2 atom stereocenters. The smallest absolute Gasteiger partial charge is 0.263 e. The Labute approximate surface area is 180 Å². The molecule has 30 heavy (non-hydrogen) atoms. The number of carbonyl (C=O) groups is 1. The number of aliphatic imine (C=N–C) groups is 1. The van der Waals surface area contributed by atoms with Crippen LogP contribution in [-0.2, 0) is 14.8 Å². The van der Waals surface area contributed by atoms with Crippen LogP contribution in [0.5, 0.6) is 0 Å². The average molecular weight is 435 g/mol. The van der Waals surface area contributed by atoms with Gasteiger partial charge in [0.15, 0.2) is 0 Å². The molecule has 2 heterocycles. The van der Waals surface area contributed by atoms with Crippen molar-refractivity contribution in [2.24, 2.45) is 4.99 Å². The van der Waals surface area contributed by atoms with Crippen LogP contribution in [0.4, 0.5) is 0 Å². The summed E-state index contributed by atoms with van der Waals surface area (Å²) in [7, 11) is -3.60. The van der Waals surface area contributed by atoms with Crippen molar-refractivity contribution in [1.82, 2.24) is 14.9 Å². The molecule has 0 radical (unpaired) electrons. The van der Waals surface area contributed by atoms with E-state index >= 15 is 0 Å². The lowest BCUT2D eigenvalue weighted by Crippen LogP contribution is -2.40. The third-order valence-electron chi connectivity index (χ3n) is 5.94. The van der Waals surface area contributed by atoms with Crippen LogP contribution in [-0.4, -0.2) is 56.8 Å². The summed E-state index contributed by atoms with van der Waals surface area (Å²) in [5.74, 6) is 0.134. The van der Waals surface area contributed by atoms with E-state index in [1.54, 1.807) is 24.3 Å². The first-order chi connectivity index (χ1) is 14.4. The Kier molecular flexibility index (Phi) is 7.88. The fourth-order valence-electron chi connectivity index (χ4n) is 4.14. The van der Waals surface area contributed by atoms with E-state index in [9.17, 15) is 13.2 Å². The van der Waals surface area contributed by atoms with Gasteiger partial charge in [0.05, 0.1) is 4.90 Å². The second-order valence-corrected chi connectivity index (χ2v) is 9.91. The van der Waals surface area contributed by atoms with Gasteiger partial charge in [0.2, 0.25) is 5.91 Å². The Morgan fingerprint density at radius 2 is 2.10 bits per heavy atom. The van der Waals surface area contributed by atoms with E-state index in [-0.39, 0.29) is 16.6 Å². The number of nitrogens with zero attached hydrogens (tertiary/aromatic N) is 2. The first kappa shape index (κ1) is 22.7. The molecule has 0 aromatic heterocycles. The molecule has 1 aromatic rings. The van der Waals surface area contributed by atoms with E-state index in [0.29, 0.717) is 24.6 Å². The molecule has 1 aromatic carbocycles. The zero-order valence-electron chi connectivity index (χ0n) is 18.1.